The largest absolute Gasteiger partial charge is 0.372 e. The number of rotatable bonds is 3. The zero-order chi connectivity index (χ0) is 14.0. The standard InChI is InChI=1S/C18H25N/c1-13(2)15-6-8-16-10-11-18(19(5)14(3)4)12-17(16)9-7-15/h7-14H,6H2,1-5H3. The molecule has 1 aromatic carbocycles. The average Bonchev–Trinajstić information content (AvgIpc) is 2.59. The second-order valence-electron chi connectivity index (χ2n) is 5.99. The highest BCUT2D eigenvalue weighted by Gasteiger charge is 2.06. The first kappa shape index (κ1) is 13.9. The molecule has 1 aromatic rings. The fourth-order valence-corrected chi connectivity index (χ4v) is 2.33. The molecule has 0 fully saturated rings. The Bertz CT molecular complexity index is 591. The summed E-state index contributed by atoms with van der Waals surface area (Å²) < 4.78 is 0. The summed E-state index contributed by atoms with van der Waals surface area (Å²) in [5, 5.41) is 2.69. The van der Waals surface area contributed by atoms with Gasteiger partial charge in [0.2, 0.25) is 0 Å². The van der Waals surface area contributed by atoms with Crippen LogP contribution >= 0.6 is 0 Å². The Morgan fingerprint density at radius 1 is 1.00 bits per heavy atom. The molecule has 0 atom stereocenters. The third-order valence-electron chi connectivity index (χ3n) is 4.03. The summed E-state index contributed by atoms with van der Waals surface area (Å²) in [6.07, 6.45) is 7.99. The predicted octanol–water partition coefficient (Wildman–Crippen LogP) is 3.08. The zero-order valence-electron chi connectivity index (χ0n) is 12.8. The van der Waals surface area contributed by atoms with Crippen LogP contribution in [0.5, 0.6) is 0 Å². The Balaban J connectivity index is 2.46. The molecule has 102 valence electrons. The van der Waals surface area contributed by atoms with Gasteiger partial charge in [-0.05, 0) is 48.8 Å². The molecule has 0 aromatic heterocycles. The van der Waals surface area contributed by atoms with Crippen molar-refractivity contribution in [2.24, 2.45) is 5.92 Å². The Morgan fingerprint density at radius 3 is 2.37 bits per heavy atom. The van der Waals surface area contributed by atoms with Gasteiger partial charge in [0, 0.05) is 18.8 Å². The average molecular weight is 255 g/mol. The third kappa shape index (κ3) is 3.09. The van der Waals surface area contributed by atoms with Gasteiger partial charge in [-0.3, -0.25) is 0 Å². The fraction of sp³-hybridized carbons (Fsp3) is 0.444. The molecule has 0 unspecified atom stereocenters. The zero-order valence-corrected chi connectivity index (χ0v) is 12.8. The number of anilines is 1. The van der Waals surface area contributed by atoms with E-state index in [0.29, 0.717) is 12.0 Å². The Labute approximate surface area is 116 Å². The van der Waals surface area contributed by atoms with Crippen LogP contribution in [0.1, 0.15) is 34.1 Å². The van der Waals surface area contributed by atoms with Crippen molar-refractivity contribution < 1.29 is 0 Å². The SMILES string of the molecule is CC(C)C1=CC=c2cc(N(C)C(C)C)ccc2=CC1. The van der Waals surface area contributed by atoms with Crippen LogP contribution in [0.25, 0.3) is 12.2 Å². The van der Waals surface area contributed by atoms with E-state index in [9.17, 15) is 0 Å². The van der Waals surface area contributed by atoms with Crippen molar-refractivity contribution in [1.82, 2.24) is 0 Å². The van der Waals surface area contributed by atoms with Gasteiger partial charge in [0.15, 0.2) is 0 Å². The summed E-state index contributed by atoms with van der Waals surface area (Å²) in [7, 11) is 2.15. The molecule has 0 saturated heterocycles. The fourth-order valence-electron chi connectivity index (χ4n) is 2.33. The van der Waals surface area contributed by atoms with Crippen molar-refractivity contribution in [3.8, 4) is 0 Å². The molecule has 0 saturated carbocycles. The van der Waals surface area contributed by atoms with Gasteiger partial charge in [-0.15, -0.1) is 0 Å². The van der Waals surface area contributed by atoms with Gasteiger partial charge >= 0.3 is 0 Å². The van der Waals surface area contributed by atoms with Crippen LogP contribution < -0.4 is 15.3 Å². The third-order valence-corrected chi connectivity index (χ3v) is 4.03. The Kier molecular flexibility index (Phi) is 4.14. The van der Waals surface area contributed by atoms with Crippen molar-refractivity contribution in [3.63, 3.8) is 0 Å². The van der Waals surface area contributed by atoms with Gasteiger partial charge in [0.1, 0.15) is 0 Å². The van der Waals surface area contributed by atoms with E-state index in [4.69, 9.17) is 0 Å². The number of fused-ring (bicyclic) bond motifs is 1. The van der Waals surface area contributed by atoms with E-state index in [0.717, 1.165) is 6.42 Å². The van der Waals surface area contributed by atoms with Crippen LogP contribution in [0.4, 0.5) is 5.69 Å². The normalized spacial score (nSPS) is 14.4. The van der Waals surface area contributed by atoms with Crippen molar-refractivity contribution >= 4 is 17.8 Å². The van der Waals surface area contributed by atoms with E-state index in [-0.39, 0.29) is 0 Å². The maximum atomic E-state index is 2.35. The summed E-state index contributed by atoms with van der Waals surface area (Å²) >= 11 is 0. The molecule has 0 N–H and O–H groups in total. The van der Waals surface area contributed by atoms with Crippen LogP contribution in [0, 0.1) is 5.92 Å². The topological polar surface area (TPSA) is 3.24 Å². The van der Waals surface area contributed by atoms with Crippen LogP contribution in [-0.2, 0) is 0 Å². The minimum Gasteiger partial charge on any atom is -0.372 e. The number of benzene rings is 1. The van der Waals surface area contributed by atoms with Crippen LogP contribution in [0.3, 0.4) is 0 Å². The summed E-state index contributed by atoms with van der Waals surface area (Å²) in [6.45, 7) is 8.97. The molecule has 1 aliphatic carbocycles. The molecule has 2 rings (SSSR count). The lowest BCUT2D eigenvalue weighted by Gasteiger charge is -2.23. The van der Waals surface area contributed by atoms with E-state index in [1.54, 1.807) is 0 Å². The lowest BCUT2D eigenvalue weighted by atomic mass is 10.00. The summed E-state index contributed by atoms with van der Waals surface area (Å²) in [5.41, 5.74) is 2.80. The molecule has 0 radical (unpaired) electrons. The molecule has 1 nitrogen and oxygen atoms in total. The maximum Gasteiger partial charge on any atom is 0.0372 e. The molecule has 1 aliphatic rings. The van der Waals surface area contributed by atoms with Crippen LogP contribution in [0.2, 0.25) is 0 Å². The number of nitrogens with zero attached hydrogens (tertiary/aromatic N) is 1. The number of hydrogen-bond donors (Lipinski definition) is 0. The van der Waals surface area contributed by atoms with Crippen LogP contribution in [0.15, 0.2) is 29.8 Å². The molecular weight excluding hydrogens is 230 g/mol. The minimum absolute atomic E-state index is 0.523. The molecule has 0 bridgehead atoms. The van der Waals surface area contributed by atoms with E-state index >= 15 is 0 Å². The summed E-state index contributed by atoms with van der Waals surface area (Å²) in [4.78, 5) is 2.31. The van der Waals surface area contributed by atoms with Crippen molar-refractivity contribution in [3.05, 3.63) is 40.3 Å². The lowest BCUT2D eigenvalue weighted by molar-refractivity contribution is 0.754. The number of allylic oxidation sites excluding steroid dienone is 2. The van der Waals surface area contributed by atoms with E-state index < -0.39 is 0 Å². The van der Waals surface area contributed by atoms with E-state index in [2.05, 4.69) is 76.1 Å². The van der Waals surface area contributed by atoms with Gasteiger partial charge in [0.05, 0.1) is 0 Å². The van der Waals surface area contributed by atoms with Gasteiger partial charge < -0.3 is 4.90 Å². The van der Waals surface area contributed by atoms with Gasteiger partial charge in [0.25, 0.3) is 0 Å². The van der Waals surface area contributed by atoms with E-state index in [1.165, 1.54) is 21.7 Å². The summed E-state index contributed by atoms with van der Waals surface area (Å²) in [5.74, 6) is 0.625. The minimum atomic E-state index is 0.523. The maximum absolute atomic E-state index is 2.35. The van der Waals surface area contributed by atoms with Gasteiger partial charge in [-0.25, -0.2) is 0 Å². The molecule has 19 heavy (non-hydrogen) atoms. The number of hydrogen-bond acceptors (Lipinski definition) is 1. The first-order valence-electron chi connectivity index (χ1n) is 7.23. The quantitative estimate of drug-likeness (QED) is 0.802. The smallest absolute Gasteiger partial charge is 0.0372 e. The van der Waals surface area contributed by atoms with Crippen molar-refractivity contribution in [1.29, 1.82) is 0 Å². The highest BCUT2D eigenvalue weighted by atomic mass is 15.1. The molecule has 0 spiro atoms. The second-order valence-corrected chi connectivity index (χ2v) is 5.99. The highest BCUT2D eigenvalue weighted by Crippen LogP contribution is 2.16. The molecule has 1 heteroatoms. The Hall–Kier alpha value is -1.50. The predicted molar refractivity (Wildman–Crippen MR) is 85.7 cm³/mol. The van der Waals surface area contributed by atoms with Crippen LogP contribution in [-0.4, -0.2) is 13.1 Å². The summed E-state index contributed by atoms with van der Waals surface area (Å²) in [6, 6.07) is 7.29. The van der Waals surface area contributed by atoms with Crippen molar-refractivity contribution in [2.45, 2.75) is 40.2 Å². The molecule has 0 amide bonds. The second kappa shape index (κ2) is 5.64. The van der Waals surface area contributed by atoms with Gasteiger partial charge in [-0.2, -0.15) is 0 Å². The van der Waals surface area contributed by atoms with Crippen molar-refractivity contribution in [2.75, 3.05) is 11.9 Å². The Morgan fingerprint density at radius 2 is 1.74 bits per heavy atom. The monoisotopic (exact) mass is 255 g/mol. The lowest BCUT2D eigenvalue weighted by Crippen LogP contribution is -2.30. The first-order chi connectivity index (χ1) is 8.99. The molecule has 0 aliphatic heterocycles. The van der Waals surface area contributed by atoms with Gasteiger partial charge in [-0.1, -0.05) is 43.7 Å². The first-order valence-corrected chi connectivity index (χ1v) is 7.23. The highest BCUT2D eigenvalue weighted by molar-refractivity contribution is 5.54. The van der Waals surface area contributed by atoms with E-state index in [1.807, 2.05) is 0 Å². The molecular formula is C18H25N. The molecule has 0 heterocycles.